The Morgan fingerprint density at radius 3 is 2.47 bits per heavy atom. The molecule has 6 nitrogen and oxygen atoms in total. The van der Waals surface area contributed by atoms with Gasteiger partial charge in [0.2, 0.25) is 0 Å². The highest BCUT2D eigenvalue weighted by atomic mass is 35.5. The maximum absolute atomic E-state index is 14.2. The van der Waals surface area contributed by atoms with Crippen LogP contribution in [0.25, 0.3) is 11.8 Å². The highest BCUT2D eigenvalue weighted by Crippen LogP contribution is 2.29. The SMILES string of the molecule is Cc1c(Cl)cccc1N1C(=O)NC(=O)/C(=C\c2cccn2-c2ccccc2F)C1=O. The summed E-state index contributed by atoms with van der Waals surface area (Å²) in [6.07, 6.45) is 2.93. The van der Waals surface area contributed by atoms with E-state index in [-0.39, 0.29) is 16.9 Å². The summed E-state index contributed by atoms with van der Waals surface area (Å²) in [4.78, 5) is 38.8. The number of urea groups is 1. The molecular weight excluding hydrogens is 409 g/mol. The van der Waals surface area contributed by atoms with Gasteiger partial charge in [-0.1, -0.05) is 29.8 Å². The number of nitrogens with one attached hydrogen (secondary N) is 1. The van der Waals surface area contributed by atoms with Gasteiger partial charge in [-0.3, -0.25) is 14.9 Å². The van der Waals surface area contributed by atoms with Crippen molar-refractivity contribution in [3.8, 4) is 5.69 Å². The molecule has 1 aliphatic heterocycles. The molecule has 30 heavy (non-hydrogen) atoms. The van der Waals surface area contributed by atoms with Gasteiger partial charge in [-0.25, -0.2) is 14.1 Å². The van der Waals surface area contributed by atoms with Crippen molar-refractivity contribution in [1.82, 2.24) is 9.88 Å². The molecule has 150 valence electrons. The summed E-state index contributed by atoms with van der Waals surface area (Å²) < 4.78 is 15.7. The van der Waals surface area contributed by atoms with E-state index >= 15 is 0 Å². The predicted molar refractivity (Wildman–Crippen MR) is 111 cm³/mol. The predicted octanol–water partition coefficient (Wildman–Crippen LogP) is 4.24. The normalized spacial score (nSPS) is 15.6. The number of halogens is 2. The summed E-state index contributed by atoms with van der Waals surface area (Å²) in [5, 5.41) is 2.55. The number of hydrogen-bond acceptors (Lipinski definition) is 3. The number of aromatic nitrogens is 1. The van der Waals surface area contributed by atoms with E-state index in [4.69, 9.17) is 11.6 Å². The molecule has 0 aliphatic carbocycles. The van der Waals surface area contributed by atoms with Crippen LogP contribution in [0.5, 0.6) is 0 Å². The van der Waals surface area contributed by atoms with Gasteiger partial charge in [0.1, 0.15) is 11.4 Å². The van der Waals surface area contributed by atoms with Gasteiger partial charge in [0.05, 0.1) is 11.4 Å². The third-order valence-electron chi connectivity index (χ3n) is 4.77. The van der Waals surface area contributed by atoms with Crippen LogP contribution in [0.4, 0.5) is 14.9 Å². The second kappa shape index (κ2) is 7.61. The number of para-hydroxylation sites is 1. The summed E-state index contributed by atoms with van der Waals surface area (Å²) in [5.74, 6) is -2.09. The van der Waals surface area contributed by atoms with E-state index in [2.05, 4.69) is 5.32 Å². The van der Waals surface area contributed by atoms with E-state index in [0.717, 1.165) is 4.90 Å². The Labute approximate surface area is 176 Å². The Bertz CT molecular complexity index is 1230. The molecule has 0 unspecified atom stereocenters. The summed E-state index contributed by atoms with van der Waals surface area (Å²) in [5.41, 5.74) is 1.19. The third kappa shape index (κ3) is 3.29. The van der Waals surface area contributed by atoms with E-state index in [0.29, 0.717) is 16.3 Å². The van der Waals surface area contributed by atoms with Crippen LogP contribution >= 0.6 is 11.6 Å². The maximum atomic E-state index is 14.2. The number of amides is 4. The van der Waals surface area contributed by atoms with Crippen LogP contribution in [0.2, 0.25) is 5.02 Å². The Hall–Kier alpha value is -3.71. The number of benzene rings is 2. The zero-order valence-corrected chi connectivity index (χ0v) is 16.5. The fourth-order valence-electron chi connectivity index (χ4n) is 3.24. The molecule has 0 radical (unpaired) electrons. The lowest BCUT2D eigenvalue weighted by atomic mass is 10.1. The Balaban J connectivity index is 1.79. The van der Waals surface area contributed by atoms with Gasteiger partial charge in [0.25, 0.3) is 11.8 Å². The minimum atomic E-state index is -0.864. The first-order valence-electron chi connectivity index (χ1n) is 8.97. The molecule has 1 aromatic heterocycles. The van der Waals surface area contributed by atoms with Gasteiger partial charge >= 0.3 is 6.03 Å². The van der Waals surface area contributed by atoms with Crippen LogP contribution in [-0.2, 0) is 9.59 Å². The van der Waals surface area contributed by atoms with Crippen molar-refractivity contribution in [2.24, 2.45) is 0 Å². The fraction of sp³-hybridized carbons (Fsp3) is 0.0455. The van der Waals surface area contributed by atoms with Crippen molar-refractivity contribution in [3.05, 3.63) is 88.5 Å². The van der Waals surface area contributed by atoms with E-state index in [9.17, 15) is 18.8 Å². The molecule has 2 aromatic carbocycles. The lowest BCUT2D eigenvalue weighted by Gasteiger charge is -2.27. The molecule has 1 N–H and O–H groups in total. The topological polar surface area (TPSA) is 71.4 Å². The molecule has 3 aromatic rings. The van der Waals surface area contributed by atoms with Gasteiger partial charge in [-0.2, -0.15) is 0 Å². The highest BCUT2D eigenvalue weighted by molar-refractivity contribution is 6.39. The number of anilines is 1. The van der Waals surface area contributed by atoms with E-state index in [1.165, 1.54) is 16.7 Å². The number of rotatable bonds is 3. The van der Waals surface area contributed by atoms with E-state index in [1.54, 1.807) is 61.7 Å². The highest BCUT2D eigenvalue weighted by Gasteiger charge is 2.37. The maximum Gasteiger partial charge on any atom is 0.335 e. The molecule has 1 aliphatic rings. The Kier molecular flexibility index (Phi) is 4.97. The molecular formula is C22H15ClFN3O3. The van der Waals surface area contributed by atoms with Crippen molar-refractivity contribution in [1.29, 1.82) is 0 Å². The minimum absolute atomic E-state index is 0.259. The first kappa shape index (κ1) is 19.6. The lowest BCUT2D eigenvalue weighted by molar-refractivity contribution is -0.122. The fourth-order valence-corrected chi connectivity index (χ4v) is 3.41. The number of imide groups is 2. The smallest absolute Gasteiger partial charge is 0.314 e. The van der Waals surface area contributed by atoms with Crippen molar-refractivity contribution in [2.45, 2.75) is 6.92 Å². The number of nitrogens with zero attached hydrogens (tertiary/aromatic N) is 2. The molecule has 2 heterocycles. The Morgan fingerprint density at radius 2 is 1.70 bits per heavy atom. The van der Waals surface area contributed by atoms with Crippen molar-refractivity contribution in [3.63, 3.8) is 0 Å². The molecule has 4 rings (SSSR count). The van der Waals surface area contributed by atoms with Crippen LogP contribution in [0.15, 0.2) is 66.4 Å². The summed E-state index contributed by atoms with van der Waals surface area (Å²) in [6, 6.07) is 13.4. The average molecular weight is 424 g/mol. The van der Waals surface area contributed by atoms with Crippen molar-refractivity contribution in [2.75, 3.05) is 4.90 Å². The zero-order valence-electron chi connectivity index (χ0n) is 15.7. The minimum Gasteiger partial charge on any atom is -0.314 e. The van der Waals surface area contributed by atoms with Crippen LogP contribution in [0.1, 0.15) is 11.3 Å². The first-order chi connectivity index (χ1) is 14.4. The molecule has 8 heteroatoms. The molecule has 4 amide bonds. The zero-order chi connectivity index (χ0) is 21.4. The molecule has 1 saturated heterocycles. The molecule has 0 spiro atoms. The number of carbonyl (C=O) groups is 3. The van der Waals surface area contributed by atoms with Crippen LogP contribution < -0.4 is 10.2 Å². The first-order valence-corrected chi connectivity index (χ1v) is 9.35. The molecule has 0 atom stereocenters. The van der Waals surface area contributed by atoms with Crippen LogP contribution in [0.3, 0.4) is 0 Å². The second-order valence-electron chi connectivity index (χ2n) is 6.60. The second-order valence-corrected chi connectivity index (χ2v) is 7.00. The number of barbiturate groups is 1. The average Bonchev–Trinajstić information content (AvgIpc) is 3.16. The standard InChI is InChI=1S/C22H15ClFN3O3/c1-13-16(23)7-4-10-18(13)27-21(29)15(20(28)25-22(27)30)12-14-6-5-11-26(14)19-9-3-2-8-17(19)24/h2-12H,1H3,(H,25,28,30)/b15-12+. The molecule has 1 fully saturated rings. The van der Waals surface area contributed by atoms with Gasteiger partial charge < -0.3 is 4.57 Å². The summed E-state index contributed by atoms with van der Waals surface area (Å²) in [7, 11) is 0. The van der Waals surface area contributed by atoms with Gasteiger partial charge in [0.15, 0.2) is 0 Å². The van der Waals surface area contributed by atoms with Crippen LogP contribution in [-0.4, -0.2) is 22.4 Å². The molecule has 0 bridgehead atoms. The molecule has 0 saturated carbocycles. The summed E-state index contributed by atoms with van der Waals surface area (Å²) in [6.45, 7) is 1.67. The summed E-state index contributed by atoms with van der Waals surface area (Å²) >= 11 is 6.12. The quantitative estimate of drug-likeness (QED) is 0.506. The monoisotopic (exact) mass is 423 g/mol. The van der Waals surface area contributed by atoms with Gasteiger partial charge in [-0.15, -0.1) is 0 Å². The van der Waals surface area contributed by atoms with E-state index in [1.807, 2.05) is 0 Å². The van der Waals surface area contributed by atoms with E-state index < -0.39 is 23.7 Å². The third-order valence-corrected chi connectivity index (χ3v) is 5.18. The van der Waals surface area contributed by atoms with Crippen molar-refractivity contribution >= 4 is 41.2 Å². The van der Waals surface area contributed by atoms with Gasteiger partial charge in [0, 0.05) is 16.9 Å². The number of carbonyl (C=O) groups excluding carboxylic acids is 3. The number of hydrogen-bond donors (Lipinski definition) is 1. The Morgan fingerprint density at radius 1 is 0.967 bits per heavy atom. The van der Waals surface area contributed by atoms with Crippen LogP contribution in [0, 0.1) is 12.7 Å². The van der Waals surface area contributed by atoms with Gasteiger partial charge in [-0.05, 0) is 55.0 Å². The lowest BCUT2D eigenvalue weighted by Crippen LogP contribution is -2.54. The largest absolute Gasteiger partial charge is 0.335 e. The van der Waals surface area contributed by atoms with Crippen molar-refractivity contribution < 1.29 is 18.8 Å².